The van der Waals surface area contributed by atoms with Gasteiger partial charge in [-0.1, -0.05) is 11.6 Å². The number of hydrogen-bond acceptors (Lipinski definition) is 3. The summed E-state index contributed by atoms with van der Waals surface area (Å²) in [5.41, 5.74) is 0. The Morgan fingerprint density at radius 3 is 3.06 bits per heavy atom. The van der Waals surface area contributed by atoms with Crippen LogP contribution in [0.15, 0.2) is 18.3 Å². The molecule has 0 radical (unpaired) electrons. The van der Waals surface area contributed by atoms with Crippen molar-refractivity contribution in [2.45, 2.75) is 31.7 Å². The second kappa shape index (κ2) is 5.87. The van der Waals surface area contributed by atoms with E-state index in [1.54, 1.807) is 18.3 Å². The van der Waals surface area contributed by atoms with Crippen LogP contribution in [-0.2, 0) is 4.79 Å². The second-order valence-corrected chi connectivity index (χ2v) is 4.61. The highest BCUT2D eigenvalue weighted by Crippen LogP contribution is 2.19. The fraction of sp³-hybridized carbons (Fsp3) is 0.500. The smallest absolute Gasteiger partial charge is 0.220 e. The van der Waals surface area contributed by atoms with Crippen LogP contribution in [-0.4, -0.2) is 23.5 Å². The molecule has 17 heavy (non-hydrogen) atoms. The summed E-state index contributed by atoms with van der Waals surface area (Å²) < 4.78 is 0. The standard InChI is InChI=1S/C12H16ClN3O/c13-10-3-1-7-14-12(10)15-8-2-4-11(17)16-9-5-6-9/h1,3,7,9H,2,4-6,8H2,(H,14,15)(H,16,17). The number of carbonyl (C=O) groups excluding carboxylic acids is 1. The van der Waals surface area contributed by atoms with E-state index >= 15 is 0 Å². The van der Waals surface area contributed by atoms with Crippen LogP contribution < -0.4 is 10.6 Å². The van der Waals surface area contributed by atoms with Crippen molar-refractivity contribution in [3.05, 3.63) is 23.4 Å². The van der Waals surface area contributed by atoms with E-state index in [0.717, 1.165) is 19.3 Å². The Morgan fingerprint density at radius 2 is 2.35 bits per heavy atom. The molecule has 0 aromatic carbocycles. The van der Waals surface area contributed by atoms with Gasteiger partial charge >= 0.3 is 0 Å². The second-order valence-electron chi connectivity index (χ2n) is 4.21. The predicted molar refractivity (Wildman–Crippen MR) is 68.1 cm³/mol. The van der Waals surface area contributed by atoms with Crippen LogP contribution in [0.5, 0.6) is 0 Å². The molecular weight excluding hydrogens is 238 g/mol. The monoisotopic (exact) mass is 253 g/mol. The first-order valence-corrected chi connectivity index (χ1v) is 6.27. The number of nitrogens with zero attached hydrogens (tertiary/aromatic N) is 1. The highest BCUT2D eigenvalue weighted by atomic mass is 35.5. The molecule has 0 spiro atoms. The van der Waals surface area contributed by atoms with Gasteiger partial charge in [-0.2, -0.15) is 0 Å². The molecular formula is C12H16ClN3O. The summed E-state index contributed by atoms with van der Waals surface area (Å²) in [5.74, 6) is 0.818. The Hall–Kier alpha value is -1.29. The van der Waals surface area contributed by atoms with Gasteiger partial charge in [-0.25, -0.2) is 4.98 Å². The lowest BCUT2D eigenvalue weighted by atomic mass is 10.3. The first-order chi connectivity index (χ1) is 8.25. The molecule has 1 aromatic rings. The van der Waals surface area contributed by atoms with Gasteiger partial charge in [-0.15, -0.1) is 0 Å². The summed E-state index contributed by atoms with van der Waals surface area (Å²) in [7, 11) is 0. The summed E-state index contributed by atoms with van der Waals surface area (Å²) in [6.07, 6.45) is 5.29. The van der Waals surface area contributed by atoms with Gasteiger partial charge < -0.3 is 10.6 Å². The molecule has 5 heteroatoms. The third-order valence-electron chi connectivity index (χ3n) is 2.57. The van der Waals surface area contributed by atoms with Crippen LogP contribution >= 0.6 is 11.6 Å². The molecule has 1 aromatic heterocycles. The van der Waals surface area contributed by atoms with E-state index in [1.165, 1.54) is 0 Å². The molecule has 2 N–H and O–H groups in total. The van der Waals surface area contributed by atoms with E-state index in [1.807, 2.05) is 0 Å². The zero-order valence-electron chi connectivity index (χ0n) is 9.58. The average Bonchev–Trinajstić information content (AvgIpc) is 3.10. The van der Waals surface area contributed by atoms with E-state index in [2.05, 4.69) is 15.6 Å². The van der Waals surface area contributed by atoms with Crippen molar-refractivity contribution in [1.82, 2.24) is 10.3 Å². The molecule has 92 valence electrons. The number of anilines is 1. The molecule has 0 bridgehead atoms. The molecule has 4 nitrogen and oxygen atoms in total. The van der Waals surface area contributed by atoms with Gasteiger partial charge in [0.25, 0.3) is 0 Å². The Labute approximate surface area is 106 Å². The van der Waals surface area contributed by atoms with Crippen molar-refractivity contribution in [2.24, 2.45) is 0 Å². The van der Waals surface area contributed by atoms with Gasteiger partial charge in [0.15, 0.2) is 0 Å². The minimum absolute atomic E-state index is 0.140. The third kappa shape index (κ3) is 4.23. The summed E-state index contributed by atoms with van der Waals surface area (Å²) in [5, 5.41) is 6.68. The van der Waals surface area contributed by atoms with Crippen LogP contribution in [0.4, 0.5) is 5.82 Å². The van der Waals surface area contributed by atoms with Crippen LogP contribution in [0.25, 0.3) is 0 Å². The number of carbonyl (C=O) groups is 1. The molecule has 1 heterocycles. The quantitative estimate of drug-likeness (QED) is 0.765. The van der Waals surface area contributed by atoms with Gasteiger partial charge in [0, 0.05) is 25.2 Å². The molecule has 1 fully saturated rings. The molecule has 0 saturated heterocycles. The highest BCUT2D eigenvalue weighted by Gasteiger charge is 2.22. The summed E-state index contributed by atoms with van der Waals surface area (Å²) in [6.45, 7) is 0.703. The van der Waals surface area contributed by atoms with Crippen LogP contribution in [0.3, 0.4) is 0 Å². The number of halogens is 1. The van der Waals surface area contributed by atoms with Crippen LogP contribution in [0, 0.1) is 0 Å². The maximum Gasteiger partial charge on any atom is 0.220 e. The molecule has 1 saturated carbocycles. The lowest BCUT2D eigenvalue weighted by molar-refractivity contribution is -0.121. The number of nitrogens with one attached hydrogen (secondary N) is 2. The van der Waals surface area contributed by atoms with Crippen molar-refractivity contribution in [1.29, 1.82) is 0 Å². The normalized spacial score (nSPS) is 14.4. The number of pyridine rings is 1. The van der Waals surface area contributed by atoms with E-state index in [9.17, 15) is 4.79 Å². The summed E-state index contributed by atoms with van der Waals surface area (Å²) >= 11 is 5.94. The minimum atomic E-state index is 0.140. The minimum Gasteiger partial charge on any atom is -0.369 e. The molecule has 1 aliphatic carbocycles. The number of hydrogen-bond donors (Lipinski definition) is 2. The van der Waals surface area contributed by atoms with Gasteiger partial charge in [0.05, 0.1) is 5.02 Å². The van der Waals surface area contributed by atoms with Crippen molar-refractivity contribution >= 4 is 23.3 Å². The summed E-state index contributed by atoms with van der Waals surface area (Å²) in [6, 6.07) is 4.02. The first kappa shape index (κ1) is 12.2. The van der Waals surface area contributed by atoms with Gasteiger partial charge in [0.1, 0.15) is 5.82 Å². The van der Waals surface area contributed by atoms with Crippen LogP contribution in [0.1, 0.15) is 25.7 Å². The zero-order chi connectivity index (χ0) is 12.1. The summed E-state index contributed by atoms with van der Waals surface area (Å²) in [4.78, 5) is 15.5. The van der Waals surface area contributed by atoms with Gasteiger partial charge in [0.2, 0.25) is 5.91 Å². The lowest BCUT2D eigenvalue weighted by Crippen LogP contribution is -2.25. The molecule has 2 rings (SSSR count). The molecule has 0 atom stereocenters. The number of aromatic nitrogens is 1. The number of amides is 1. The van der Waals surface area contributed by atoms with Crippen molar-refractivity contribution < 1.29 is 4.79 Å². The van der Waals surface area contributed by atoms with Crippen molar-refractivity contribution in [3.63, 3.8) is 0 Å². The SMILES string of the molecule is O=C(CCCNc1ncccc1Cl)NC1CC1. The Bertz CT molecular complexity index is 393. The topological polar surface area (TPSA) is 54.0 Å². The lowest BCUT2D eigenvalue weighted by Gasteiger charge is -2.07. The van der Waals surface area contributed by atoms with Crippen molar-refractivity contribution in [3.8, 4) is 0 Å². The molecule has 0 aliphatic heterocycles. The zero-order valence-corrected chi connectivity index (χ0v) is 10.3. The average molecular weight is 254 g/mol. The van der Waals surface area contributed by atoms with Gasteiger partial charge in [-0.05, 0) is 31.4 Å². The Morgan fingerprint density at radius 1 is 1.53 bits per heavy atom. The fourth-order valence-electron chi connectivity index (χ4n) is 1.50. The predicted octanol–water partition coefficient (Wildman–Crippen LogP) is 2.21. The Kier molecular flexibility index (Phi) is 4.20. The largest absolute Gasteiger partial charge is 0.369 e. The van der Waals surface area contributed by atoms with Gasteiger partial charge in [-0.3, -0.25) is 4.79 Å². The maximum atomic E-state index is 11.4. The van der Waals surface area contributed by atoms with E-state index in [4.69, 9.17) is 11.6 Å². The molecule has 1 amide bonds. The van der Waals surface area contributed by atoms with E-state index in [-0.39, 0.29) is 5.91 Å². The van der Waals surface area contributed by atoms with Crippen LogP contribution in [0.2, 0.25) is 5.02 Å². The number of rotatable bonds is 6. The maximum absolute atomic E-state index is 11.4. The van der Waals surface area contributed by atoms with E-state index < -0.39 is 0 Å². The highest BCUT2D eigenvalue weighted by molar-refractivity contribution is 6.32. The van der Waals surface area contributed by atoms with E-state index in [0.29, 0.717) is 29.8 Å². The fourth-order valence-corrected chi connectivity index (χ4v) is 1.69. The molecule has 1 aliphatic rings. The Balaban J connectivity index is 1.62. The first-order valence-electron chi connectivity index (χ1n) is 5.89. The third-order valence-corrected chi connectivity index (χ3v) is 2.88. The molecule has 0 unspecified atom stereocenters. The van der Waals surface area contributed by atoms with Crippen molar-refractivity contribution in [2.75, 3.05) is 11.9 Å².